The summed E-state index contributed by atoms with van der Waals surface area (Å²) in [5.41, 5.74) is 1.81. The van der Waals surface area contributed by atoms with E-state index >= 15 is 0 Å². The minimum absolute atomic E-state index is 0.0331. The van der Waals surface area contributed by atoms with Gasteiger partial charge in [-0.1, -0.05) is 5.16 Å². The first-order valence-corrected chi connectivity index (χ1v) is 8.06. The van der Waals surface area contributed by atoms with Crippen LogP contribution in [0.25, 0.3) is 0 Å². The molecule has 0 aromatic carbocycles. The van der Waals surface area contributed by atoms with Gasteiger partial charge in [0.2, 0.25) is 0 Å². The second-order valence-electron chi connectivity index (χ2n) is 5.99. The molecule has 2 atom stereocenters. The van der Waals surface area contributed by atoms with Crippen molar-refractivity contribution in [2.24, 2.45) is 7.05 Å². The summed E-state index contributed by atoms with van der Waals surface area (Å²) < 4.78 is 17.7. The molecule has 1 fully saturated rings. The molecule has 2 aromatic rings. The van der Waals surface area contributed by atoms with Crippen molar-refractivity contribution in [3.8, 4) is 0 Å². The Morgan fingerprint density at radius 3 is 3.12 bits per heavy atom. The zero-order chi connectivity index (χ0) is 16.9. The lowest BCUT2D eigenvalue weighted by molar-refractivity contribution is 0.000121. The zero-order valence-corrected chi connectivity index (χ0v) is 13.9. The number of carbonyl (C=O) groups is 1. The molecule has 8 nitrogen and oxygen atoms in total. The molecule has 130 valence electrons. The van der Waals surface area contributed by atoms with Gasteiger partial charge >= 0.3 is 6.09 Å². The van der Waals surface area contributed by atoms with Gasteiger partial charge in [-0.3, -0.25) is 4.68 Å². The Labute approximate surface area is 140 Å². The average molecular weight is 334 g/mol. The van der Waals surface area contributed by atoms with Gasteiger partial charge in [0.15, 0.2) is 0 Å². The average Bonchev–Trinajstić information content (AvgIpc) is 3.16. The van der Waals surface area contributed by atoms with Gasteiger partial charge in [-0.15, -0.1) is 0 Å². The Bertz CT molecular complexity index is 681. The molecule has 1 amide bonds. The topological polar surface area (TPSA) is 91.4 Å². The Hall–Kier alpha value is -2.35. The van der Waals surface area contributed by atoms with Crippen molar-refractivity contribution in [1.82, 2.24) is 20.3 Å². The Morgan fingerprint density at radius 1 is 1.54 bits per heavy atom. The van der Waals surface area contributed by atoms with Crippen LogP contribution in [0.3, 0.4) is 0 Å². The molecule has 0 spiro atoms. The second kappa shape index (κ2) is 7.48. The van der Waals surface area contributed by atoms with E-state index in [-0.39, 0.29) is 18.8 Å². The molecule has 2 aromatic heterocycles. The predicted octanol–water partition coefficient (Wildman–Crippen LogP) is 1.91. The number of alkyl carbamates (subject to hydrolysis) is 1. The maximum atomic E-state index is 11.9. The van der Waals surface area contributed by atoms with Crippen LogP contribution in [0.4, 0.5) is 4.79 Å². The molecule has 3 heterocycles. The third-order valence-corrected chi connectivity index (χ3v) is 3.97. The normalized spacial score (nSPS) is 20.8. The van der Waals surface area contributed by atoms with Crippen LogP contribution in [0.2, 0.25) is 0 Å². The minimum atomic E-state index is -0.410. The second-order valence-corrected chi connectivity index (χ2v) is 5.99. The number of hydrogen-bond donors (Lipinski definition) is 1. The fourth-order valence-corrected chi connectivity index (χ4v) is 2.76. The molecular formula is C16H22N4O4. The Balaban J connectivity index is 1.42. The fourth-order valence-electron chi connectivity index (χ4n) is 2.76. The number of amides is 1. The van der Waals surface area contributed by atoms with E-state index in [1.807, 2.05) is 26.2 Å². The highest BCUT2D eigenvalue weighted by atomic mass is 16.5. The SMILES string of the molecule is Cc1cc(CCOC(=O)NC2CCOC(c3cnn(C)c3)C2)no1. The highest BCUT2D eigenvalue weighted by Gasteiger charge is 2.26. The van der Waals surface area contributed by atoms with E-state index in [1.165, 1.54) is 0 Å². The summed E-state index contributed by atoms with van der Waals surface area (Å²) in [7, 11) is 1.87. The molecular weight excluding hydrogens is 312 g/mol. The molecule has 0 radical (unpaired) electrons. The molecule has 0 bridgehead atoms. The number of nitrogens with one attached hydrogen (secondary N) is 1. The summed E-state index contributed by atoms with van der Waals surface area (Å²) >= 11 is 0. The van der Waals surface area contributed by atoms with E-state index in [9.17, 15) is 4.79 Å². The predicted molar refractivity (Wildman–Crippen MR) is 84.4 cm³/mol. The summed E-state index contributed by atoms with van der Waals surface area (Å²) in [4.78, 5) is 11.9. The first-order valence-electron chi connectivity index (χ1n) is 8.06. The third kappa shape index (κ3) is 4.35. The summed E-state index contributed by atoms with van der Waals surface area (Å²) in [6, 6.07) is 1.86. The largest absolute Gasteiger partial charge is 0.449 e. The molecule has 0 aliphatic carbocycles. The monoisotopic (exact) mass is 334 g/mol. The van der Waals surface area contributed by atoms with E-state index in [1.54, 1.807) is 10.9 Å². The first-order chi connectivity index (χ1) is 11.6. The van der Waals surface area contributed by atoms with E-state index < -0.39 is 6.09 Å². The zero-order valence-electron chi connectivity index (χ0n) is 13.9. The van der Waals surface area contributed by atoms with Crippen molar-refractivity contribution in [2.75, 3.05) is 13.2 Å². The van der Waals surface area contributed by atoms with Crippen LogP contribution in [0.1, 0.15) is 36.0 Å². The summed E-state index contributed by atoms with van der Waals surface area (Å²) in [6.45, 7) is 2.70. The van der Waals surface area contributed by atoms with E-state index in [4.69, 9.17) is 14.0 Å². The highest BCUT2D eigenvalue weighted by molar-refractivity contribution is 5.67. The Morgan fingerprint density at radius 2 is 2.42 bits per heavy atom. The highest BCUT2D eigenvalue weighted by Crippen LogP contribution is 2.27. The quantitative estimate of drug-likeness (QED) is 0.898. The lowest BCUT2D eigenvalue weighted by Crippen LogP contribution is -2.40. The summed E-state index contributed by atoms with van der Waals surface area (Å²) in [5, 5.41) is 10.9. The van der Waals surface area contributed by atoms with Gasteiger partial charge in [0.1, 0.15) is 5.76 Å². The van der Waals surface area contributed by atoms with Gasteiger partial charge < -0.3 is 19.3 Å². The molecule has 1 aliphatic rings. The lowest BCUT2D eigenvalue weighted by Gasteiger charge is -2.29. The summed E-state index contributed by atoms with van der Waals surface area (Å²) in [5.74, 6) is 0.748. The Kier molecular flexibility index (Phi) is 5.14. The van der Waals surface area contributed by atoms with Crippen molar-refractivity contribution in [1.29, 1.82) is 0 Å². The fraction of sp³-hybridized carbons (Fsp3) is 0.562. The minimum Gasteiger partial charge on any atom is -0.449 e. The standard InChI is InChI=1S/C16H22N4O4/c1-11-7-14(19-24-11)4-6-23-16(21)18-13-3-5-22-15(8-13)12-9-17-20(2)10-12/h7,9-10,13,15H,3-6,8H2,1-2H3,(H,18,21). The molecule has 3 rings (SSSR count). The number of rotatable bonds is 5. The van der Waals surface area contributed by atoms with Gasteiger partial charge in [-0.25, -0.2) is 4.79 Å². The van der Waals surface area contributed by atoms with Crippen LogP contribution in [-0.2, 0) is 22.9 Å². The van der Waals surface area contributed by atoms with Gasteiger partial charge in [0.05, 0.1) is 24.6 Å². The summed E-state index contributed by atoms with van der Waals surface area (Å²) in [6.07, 6.45) is 5.30. The molecule has 1 N–H and O–H groups in total. The van der Waals surface area contributed by atoms with Crippen molar-refractivity contribution in [3.05, 3.63) is 35.5 Å². The molecule has 1 saturated heterocycles. The van der Waals surface area contributed by atoms with Gasteiger partial charge in [0, 0.05) is 43.9 Å². The van der Waals surface area contributed by atoms with Gasteiger partial charge in [-0.2, -0.15) is 5.10 Å². The molecule has 24 heavy (non-hydrogen) atoms. The van der Waals surface area contributed by atoms with Crippen molar-refractivity contribution in [3.63, 3.8) is 0 Å². The molecule has 1 aliphatic heterocycles. The van der Waals surface area contributed by atoms with Gasteiger partial charge in [0.25, 0.3) is 0 Å². The number of nitrogens with zero attached hydrogens (tertiary/aromatic N) is 3. The number of aromatic nitrogens is 3. The number of ether oxygens (including phenoxy) is 2. The maximum Gasteiger partial charge on any atom is 0.407 e. The molecule has 2 unspecified atom stereocenters. The van der Waals surface area contributed by atoms with Crippen molar-refractivity contribution in [2.45, 2.75) is 38.3 Å². The van der Waals surface area contributed by atoms with E-state index in [0.717, 1.165) is 23.4 Å². The van der Waals surface area contributed by atoms with E-state index in [2.05, 4.69) is 15.6 Å². The third-order valence-electron chi connectivity index (χ3n) is 3.97. The van der Waals surface area contributed by atoms with Crippen LogP contribution < -0.4 is 5.32 Å². The number of carbonyl (C=O) groups excluding carboxylic acids is 1. The number of hydrogen-bond acceptors (Lipinski definition) is 6. The lowest BCUT2D eigenvalue weighted by atomic mass is 10.00. The van der Waals surface area contributed by atoms with E-state index in [0.29, 0.717) is 19.4 Å². The van der Waals surface area contributed by atoms with Crippen LogP contribution in [0.5, 0.6) is 0 Å². The van der Waals surface area contributed by atoms with Crippen LogP contribution >= 0.6 is 0 Å². The number of aryl methyl sites for hydroxylation is 2. The van der Waals surface area contributed by atoms with Crippen LogP contribution in [0, 0.1) is 6.92 Å². The smallest absolute Gasteiger partial charge is 0.407 e. The van der Waals surface area contributed by atoms with Crippen molar-refractivity contribution >= 4 is 6.09 Å². The maximum absolute atomic E-state index is 11.9. The van der Waals surface area contributed by atoms with Crippen LogP contribution in [0.15, 0.2) is 23.0 Å². The van der Waals surface area contributed by atoms with Gasteiger partial charge in [-0.05, 0) is 19.8 Å². The molecule has 0 saturated carbocycles. The first kappa shape index (κ1) is 16.5. The van der Waals surface area contributed by atoms with Crippen molar-refractivity contribution < 1.29 is 18.8 Å². The van der Waals surface area contributed by atoms with Crippen LogP contribution in [-0.4, -0.2) is 40.3 Å². The molecule has 8 heteroatoms.